The van der Waals surface area contributed by atoms with Crippen molar-refractivity contribution in [2.45, 2.75) is 27.7 Å². The number of benzene rings is 1. The minimum absolute atomic E-state index is 0.753. The third-order valence-corrected chi connectivity index (χ3v) is 2.36. The Morgan fingerprint density at radius 1 is 1.31 bits per heavy atom. The maximum Gasteiger partial charge on any atom is 0.0657 e. The third-order valence-electron chi connectivity index (χ3n) is 2.04. The van der Waals surface area contributed by atoms with Crippen LogP contribution < -0.4 is 0 Å². The summed E-state index contributed by atoms with van der Waals surface area (Å²) in [4.78, 5) is 4.22. The van der Waals surface area contributed by atoms with Gasteiger partial charge < -0.3 is 0 Å². The van der Waals surface area contributed by atoms with Crippen LogP contribution in [0.25, 0.3) is 0 Å². The van der Waals surface area contributed by atoms with Crippen LogP contribution in [0.5, 0.6) is 0 Å². The summed E-state index contributed by atoms with van der Waals surface area (Å²) in [7, 11) is 1.78. The van der Waals surface area contributed by atoms with Gasteiger partial charge in [-0.2, -0.15) is 0 Å². The van der Waals surface area contributed by atoms with Crippen molar-refractivity contribution in [2.24, 2.45) is 4.99 Å². The van der Waals surface area contributed by atoms with Gasteiger partial charge in [0.05, 0.1) is 10.7 Å². The maximum absolute atomic E-state index is 6.12. The summed E-state index contributed by atoms with van der Waals surface area (Å²) in [5.41, 5.74) is 3.10. The second kappa shape index (κ2) is 8.12. The Kier molecular flexibility index (Phi) is 7.57. The average Bonchev–Trinajstić information content (AvgIpc) is 2.30. The minimum Gasteiger partial charge on any atom is -0.288 e. The largest absolute Gasteiger partial charge is 0.288 e. The molecular weight excluding hydrogens is 218 g/mol. The highest BCUT2D eigenvalue weighted by molar-refractivity contribution is 6.35. The van der Waals surface area contributed by atoms with Crippen molar-refractivity contribution in [3.63, 3.8) is 0 Å². The van der Waals surface area contributed by atoms with Gasteiger partial charge in [-0.1, -0.05) is 43.7 Å². The summed E-state index contributed by atoms with van der Waals surface area (Å²) in [5, 5.41) is 0.753. The molecule has 0 atom stereocenters. The van der Waals surface area contributed by atoms with E-state index >= 15 is 0 Å². The van der Waals surface area contributed by atoms with Crippen molar-refractivity contribution in [1.29, 1.82) is 0 Å². The highest BCUT2D eigenvalue weighted by Crippen LogP contribution is 2.20. The molecule has 0 aliphatic rings. The lowest BCUT2D eigenvalue weighted by molar-refractivity contribution is 1.39. The molecule has 0 fully saturated rings. The van der Waals surface area contributed by atoms with Crippen LogP contribution in [0.1, 0.15) is 31.9 Å². The predicted octanol–water partition coefficient (Wildman–Crippen LogP) is 4.67. The Morgan fingerprint density at radius 3 is 2.38 bits per heavy atom. The van der Waals surface area contributed by atoms with Crippen LogP contribution in [0, 0.1) is 6.92 Å². The van der Waals surface area contributed by atoms with Gasteiger partial charge in [0.2, 0.25) is 0 Å². The van der Waals surface area contributed by atoms with Crippen LogP contribution in [0.2, 0.25) is 5.02 Å². The van der Waals surface area contributed by atoms with Crippen molar-refractivity contribution in [3.05, 3.63) is 46.5 Å². The monoisotopic (exact) mass is 237 g/mol. The zero-order valence-electron chi connectivity index (χ0n) is 10.7. The van der Waals surface area contributed by atoms with Gasteiger partial charge in [0.25, 0.3) is 0 Å². The van der Waals surface area contributed by atoms with Crippen LogP contribution in [-0.2, 0) is 0 Å². The molecule has 1 nitrogen and oxygen atoms in total. The zero-order chi connectivity index (χ0) is 12.6. The lowest BCUT2D eigenvalue weighted by Gasteiger charge is -2.07. The molecule has 16 heavy (non-hydrogen) atoms. The van der Waals surface area contributed by atoms with E-state index < -0.39 is 0 Å². The van der Waals surface area contributed by atoms with Crippen molar-refractivity contribution >= 4 is 17.3 Å². The molecule has 0 amide bonds. The van der Waals surface area contributed by atoms with Gasteiger partial charge in [0, 0.05) is 12.6 Å². The van der Waals surface area contributed by atoms with Crippen molar-refractivity contribution in [3.8, 4) is 0 Å². The van der Waals surface area contributed by atoms with Crippen LogP contribution >= 0.6 is 11.6 Å². The fraction of sp³-hybridized carbons (Fsp3) is 0.357. The molecule has 0 saturated heterocycles. The van der Waals surface area contributed by atoms with Gasteiger partial charge in [-0.15, -0.1) is 0 Å². The molecule has 0 N–H and O–H groups in total. The smallest absolute Gasteiger partial charge is 0.0657 e. The van der Waals surface area contributed by atoms with Gasteiger partial charge in [0.1, 0.15) is 0 Å². The first-order valence-electron chi connectivity index (χ1n) is 5.55. The van der Waals surface area contributed by atoms with E-state index in [1.807, 2.05) is 58.0 Å². The molecule has 0 saturated carbocycles. The molecule has 0 heterocycles. The number of aryl methyl sites for hydroxylation is 1. The van der Waals surface area contributed by atoms with Gasteiger partial charge in [-0.25, -0.2) is 0 Å². The van der Waals surface area contributed by atoms with E-state index in [4.69, 9.17) is 11.6 Å². The topological polar surface area (TPSA) is 12.4 Å². The Morgan fingerprint density at radius 2 is 1.94 bits per heavy atom. The number of hydrogen-bond donors (Lipinski definition) is 0. The molecule has 0 bridgehead atoms. The molecule has 2 heteroatoms. The highest BCUT2D eigenvalue weighted by Gasteiger charge is 2.07. The van der Waals surface area contributed by atoms with Gasteiger partial charge in [0.15, 0.2) is 0 Å². The summed E-state index contributed by atoms with van der Waals surface area (Å²) in [6.07, 6.45) is 3.93. The molecule has 0 spiro atoms. The molecular formula is C14H20ClN. The molecule has 0 radical (unpaired) electrons. The Labute approximate surface area is 104 Å². The van der Waals surface area contributed by atoms with Gasteiger partial charge in [-0.3, -0.25) is 4.99 Å². The Hall–Kier alpha value is -1.08. The van der Waals surface area contributed by atoms with E-state index in [-0.39, 0.29) is 0 Å². The molecule has 1 aromatic carbocycles. The molecule has 0 unspecified atom stereocenters. The van der Waals surface area contributed by atoms with E-state index in [0.717, 1.165) is 21.9 Å². The number of allylic oxidation sites excluding steroid dienone is 2. The number of hydrogen-bond acceptors (Lipinski definition) is 1. The van der Waals surface area contributed by atoms with Crippen molar-refractivity contribution in [2.75, 3.05) is 7.05 Å². The second-order valence-corrected chi connectivity index (χ2v) is 3.45. The highest BCUT2D eigenvalue weighted by atomic mass is 35.5. The number of aliphatic imine (C=N–C) groups is 1. The quantitative estimate of drug-likeness (QED) is 0.663. The summed E-state index contributed by atoms with van der Waals surface area (Å²) < 4.78 is 0. The zero-order valence-corrected chi connectivity index (χ0v) is 11.5. The van der Waals surface area contributed by atoms with Crippen LogP contribution in [-0.4, -0.2) is 12.8 Å². The average molecular weight is 238 g/mol. The Bertz CT molecular complexity index is 358. The van der Waals surface area contributed by atoms with Gasteiger partial charge >= 0.3 is 0 Å². The molecule has 0 aliphatic carbocycles. The van der Waals surface area contributed by atoms with Crippen LogP contribution in [0.3, 0.4) is 0 Å². The summed E-state index contributed by atoms with van der Waals surface area (Å²) in [6.45, 7) is 8.01. The van der Waals surface area contributed by atoms with E-state index in [1.165, 1.54) is 0 Å². The van der Waals surface area contributed by atoms with E-state index in [2.05, 4.69) is 4.99 Å². The normalized spacial score (nSPS) is 11.2. The predicted molar refractivity (Wildman–Crippen MR) is 74.8 cm³/mol. The van der Waals surface area contributed by atoms with E-state index in [1.54, 1.807) is 7.05 Å². The molecule has 0 aliphatic heterocycles. The fourth-order valence-corrected chi connectivity index (χ4v) is 1.70. The minimum atomic E-state index is 0.753. The van der Waals surface area contributed by atoms with Crippen molar-refractivity contribution in [1.82, 2.24) is 0 Å². The van der Waals surface area contributed by atoms with Gasteiger partial charge in [-0.05, 0) is 31.6 Å². The first kappa shape index (κ1) is 14.9. The summed E-state index contributed by atoms with van der Waals surface area (Å²) >= 11 is 6.12. The summed E-state index contributed by atoms with van der Waals surface area (Å²) in [6, 6.07) is 5.87. The molecule has 1 rings (SSSR count). The third kappa shape index (κ3) is 3.82. The molecule has 0 aromatic heterocycles. The standard InChI is InChI=1S/C12H14ClN.C2H6/c1-4-6-11(14-3)12-9(2)7-5-8-10(12)13;1-2/h4-8H,1-3H3;1-2H3/b6-4-,14-11?;. The SMILES string of the molecule is C/C=C\C(=NC)c1c(C)cccc1Cl.CC. The number of rotatable bonds is 2. The van der Waals surface area contributed by atoms with E-state index in [0.29, 0.717) is 0 Å². The lowest BCUT2D eigenvalue weighted by Crippen LogP contribution is -2.00. The van der Waals surface area contributed by atoms with Crippen LogP contribution in [0.4, 0.5) is 0 Å². The van der Waals surface area contributed by atoms with Crippen LogP contribution in [0.15, 0.2) is 35.3 Å². The number of halogens is 1. The maximum atomic E-state index is 6.12. The second-order valence-electron chi connectivity index (χ2n) is 3.04. The van der Waals surface area contributed by atoms with Crippen molar-refractivity contribution < 1.29 is 0 Å². The number of nitrogens with zero attached hydrogens (tertiary/aromatic N) is 1. The molecule has 1 aromatic rings. The Balaban J connectivity index is 0.00000106. The van der Waals surface area contributed by atoms with E-state index in [9.17, 15) is 0 Å². The lowest BCUT2D eigenvalue weighted by atomic mass is 10.0. The first-order valence-corrected chi connectivity index (χ1v) is 5.93. The first-order chi connectivity index (χ1) is 7.70. The molecule has 88 valence electrons. The fourth-order valence-electron chi connectivity index (χ4n) is 1.38. The summed E-state index contributed by atoms with van der Waals surface area (Å²) in [5.74, 6) is 0.